The Balaban J connectivity index is 3.13. The van der Waals surface area contributed by atoms with Crippen LogP contribution in [0.5, 0.6) is 0 Å². The largest absolute Gasteiger partial charge is 0.481 e. The highest BCUT2D eigenvalue weighted by Crippen LogP contribution is 2.43. The zero-order chi connectivity index (χ0) is 21.5. The van der Waals surface area contributed by atoms with Gasteiger partial charge in [0.2, 0.25) is 5.91 Å². The fourth-order valence-corrected chi connectivity index (χ4v) is 3.40. The second-order valence-electron chi connectivity index (χ2n) is 8.16. The normalized spacial score (nSPS) is 16.2. The van der Waals surface area contributed by atoms with E-state index in [1.807, 2.05) is 37.3 Å². The molecule has 0 heterocycles. The highest BCUT2D eigenvalue weighted by atomic mass is 16.4. The Bertz CT molecular complexity index is 731. The molecule has 28 heavy (non-hydrogen) atoms. The lowest BCUT2D eigenvalue weighted by atomic mass is 9.67. The summed E-state index contributed by atoms with van der Waals surface area (Å²) in [6.45, 7) is 12.3. The minimum absolute atomic E-state index is 0.0312. The molecule has 0 aliphatic carbocycles. The molecule has 154 valence electrons. The van der Waals surface area contributed by atoms with E-state index in [1.165, 1.54) is 6.92 Å². The van der Waals surface area contributed by atoms with Gasteiger partial charge in [-0.05, 0) is 44.6 Å². The molecular formula is C22H32N2O4. The van der Waals surface area contributed by atoms with Crippen LogP contribution in [0.15, 0.2) is 42.5 Å². The Morgan fingerprint density at radius 2 is 1.68 bits per heavy atom. The number of carbonyl (C=O) groups is 3. The number of carboxylic acid groups (broad SMARTS) is 1. The molecule has 6 heteroatoms. The van der Waals surface area contributed by atoms with Crippen LogP contribution in [-0.2, 0) is 14.4 Å². The lowest BCUT2D eigenvalue weighted by molar-refractivity contribution is -0.152. The lowest BCUT2D eigenvalue weighted by Crippen LogP contribution is -2.51. The molecule has 0 aliphatic heterocycles. The summed E-state index contributed by atoms with van der Waals surface area (Å²) < 4.78 is 0. The molecular weight excluding hydrogens is 356 g/mol. The van der Waals surface area contributed by atoms with E-state index in [0.29, 0.717) is 12.8 Å². The SMILES string of the molecule is C=C(C)C(=O)NNC(=O)C(C)(CC(C)c1ccccc1)CC(C)(CC)C(=O)O. The molecule has 1 rings (SSSR count). The zero-order valence-corrected chi connectivity index (χ0v) is 17.5. The summed E-state index contributed by atoms with van der Waals surface area (Å²) in [6, 6.07) is 9.77. The summed E-state index contributed by atoms with van der Waals surface area (Å²) in [5, 5.41) is 9.71. The molecule has 0 saturated heterocycles. The summed E-state index contributed by atoms with van der Waals surface area (Å²) in [4.78, 5) is 36.6. The van der Waals surface area contributed by atoms with Gasteiger partial charge in [0, 0.05) is 11.0 Å². The molecule has 3 unspecified atom stereocenters. The molecule has 1 aromatic rings. The Kier molecular flexibility index (Phi) is 7.97. The quantitative estimate of drug-likeness (QED) is 0.443. The summed E-state index contributed by atoms with van der Waals surface area (Å²) >= 11 is 0. The van der Waals surface area contributed by atoms with E-state index in [9.17, 15) is 19.5 Å². The number of amides is 2. The minimum atomic E-state index is -1.05. The van der Waals surface area contributed by atoms with E-state index in [1.54, 1.807) is 20.8 Å². The van der Waals surface area contributed by atoms with Crippen molar-refractivity contribution in [1.82, 2.24) is 10.9 Å². The van der Waals surface area contributed by atoms with Gasteiger partial charge in [-0.1, -0.05) is 57.7 Å². The number of benzene rings is 1. The van der Waals surface area contributed by atoms with Gasteiger partial charge in [-0.15, -0.1) is 0 Å². The van der Waals surface area contributed by atoms with Crippen molar-refractivity contribution in [2.45, 2.75) is 59.8 Å². The minimum Gasteiger partial charge on any atom is -0.481 e. The van der Waals surface area contributed by atoms with E-state index in [2.05, 4.69) is 17.4 Å². The monoisotopic (exact) mass is 388 g/mol. The average Bonchev–Trinajstić information content (AvgIpc) is 2.65. The average molecular weight is 389 g/mol. The second kappa shape index (κ2) is 9.53. The van der Waals surface area contributed by atoms with Crippen LogP contribution in [-0.4, -0.2) is 22.9 Å². The second-order valence-corrected chi connectivity index (χ2v) is 8.16. The molecule has 0 aromatic heterocycles. The standard InChI is InChI=1S/C22H32N2O4/c1-7-21(5,20(27)28)14-22(6,19(26)24-23-18(25)15(2)3)13-16(4)17-11-9-8-10-12-17/h8-12,16H,2,7,13-14H2,1,3-6H3,(H,23,25)(H,24,26)(H,27,28). The maximum absolute atomic E-state index is 13.0. The van der Waals surface area contributed by atoms with Gasteiger partial charge in [0.25, 0.3) is 5.91 Å². The summed E-state index contributed by atoms with van der Waals surface area (Å²) in [7, 11) is 0. The van der Waals surface area contributed by atoms with Crippen molar-refractivity contribution in [3.05, 3.63) is 48.0 Å². The van der Waals surface area contributed by atoms with Crippen LogP contribution in [0.3, 0.4) is 0 Å². The van der Waals surface area contributed by atoms with Crippen molar-refractivity contribution in [2.24, 2.45) is 10.8 Å². The van der Waals surface area contributed by atoms with Gasteiger partial charge >= 0.3 is 5.97 Å². The fraction of sp³-hybridized carbons (Fsp3) is 0.500. The first kappa shape index (κ1) is 23.4. The van der Waals surface area contributed by atoms with E-state index in [-0.39, 0.29) is 17.9 Å². The Labute approximate surface area is 167 Å². The first-order valence-electron chi connectivity index (χ1n) is 9.50. The number of nitrogens with one attached hydrogen (secondary N) is 2. The highest BCUT2D eigenvalue weighted by Gasteiger charge is 2.44. The number of carbonyl (C=O) groups excluding carboxylic acids is 2. The molecule has 0 bridgehead atoms. The zero-order valence-electron chi connectivity index (χ0n) is 17.5. The van der Waals surface area contributed by atoms with Crippen LogP contribution in [0.2, 0.25) is 0 Å². The van der Waals surface area contributed by atoms with Crippen molar-refractivity contribution in [3.63, 3.8) is 0 Å². The van der Waals surface area contributed by atoms with Crippen molar-refractivity contribution < 1.29 is 19.5 Å². The van der Waals surface area contributed by atoms with Gasteiger partial charge in [0.15, 0.2) is 0 Å². The van der Waals surface area contributed by atoms with Crippen LogP contribution in [0.4, 0.5) is 0 Å². The molecule has 0 saturated carbocycles. The number of carboxylic acids is 1. The first-order chi connectivity index (χ1) is 12.9. The third-order valence-corrected chi connectivity index (χ3v) is 5.43. The van der Waals surface area contributed by atoms with Crippen LogP contribution < -0.4 is 10.9 Å². The number of rotatable bonds is 9. The van der Waals surface area contributed by atoms with E-state index >= 15 is 0 Å². The summed E-state index contributed by atoms with van der Waals surface area (Å²) in [5.74, 6) is -1.80. The van der Waals surface area contributed by atoms with Crippen LogP contribution in [0, 0.1) is 10.8 Å². The van der Waals surface area contributed by atoms with Crippen molar-refractivity contribution in [1.29, 1.82) is 0 Å². The predicted octanol–water partition coefficient (Wildman–Crippen LogP) is 3.80. The molecule has 0 fully saturated rings. The van der Waals surface area contributed by atoms with Gasteiger partial charge in [-0.2, -0.15) is 0 Å². The topological polar surface area (TPSA) is 95.5 Å². The summed E-state index contributed by atoms with van der Waals surface area (Å²) in [6.07, 6.45) is 0.982. The molecule has 0 radical (unpaired) electrons. The smallest absolute Gasteiger partial charge is 0.309 e. The molecule has 0 spiro atoms. The fourth-order valence-electron chi connectivity index (χ4n) is 3.40. The van der Waals surface area contributed by atoms with Gasteiger partial charge in [-0.25, -0.2) is 0 Å². The Morgan fingerprint density at radius 3 is 2.14 bits per heavy atom. The maximum Gasteiger partial charge on any atom is 0.309 e. The van der Waals surface area contributed by atoms with E-state index in [4.69, 9.17) is 0 Å². The molecule has 0 aliphatic rings. The molecule has 3 atom stereocenters. The van der Waals surface area contributed by atoms with Gasteiger partial charge in [0.1, 0.15) is 0 Å². The highest BCUT2D eigenvalue weighted by molar-refractivity contribution is 5.94. The van der Waals surface area contributed by atoms with Gasteiger partial charge < -0.3 is 5.11 Å². The van der Waals surface area contributed by atoms with Gasteiger partial charge in [0.05, 0.1) is 5.41 Å². The van der Waals surface area contributed by atoms with Crippen LogP contribution in [0.25, 0.3) is 0 Å². The number of aliphatic carboxylic acids is 1. The maximum atomic E-state index is 13.0. The number of hydrogen-bond donors (Lipinski definition) is 3. The summed E-state index contributed by atoms with van der Waals surface area (Å²) in [5.41, 5.74) is 4.09. The molecule has 1 aromatic carbocycles. The molecule has 2 amide bonds. The van der Waals surface area contributed by atoms with Crippen molar-refractivity contribution in [3.8, 4) is 0 Å². The lowest BCUT2D eigenvalue weighted by Gasteiger charge is -2.37. The third-order valence-electron chi connectivity index (χ3n) is 5.43. The van der Waals surface area contributed by atoms with Gasteiger partial charge in [-0.3, -0.25) is 25.2 Å². The Hall–Kier alpha value is -2.63. The predicted molar refractivity (Wildman–Crippen MR) is 109 cm³/mol. The number of hydrazine groups is 1. The van der Waals surface area contributed by atoms with Crippen molar-refractivity contribution >= 4 is 17.8 Å². The van der Waals surface area contributed by atoms with Crippen molar-refractivity contribution in [2.75, 3.05) is 0 Å². The molecule has 3 N–H and O–H groups in total. The van der Waals surface area contributed by atoms with E-state index < -0.39 is 28.6 Å². The van der Waals surface area contributed by atoms with E-state index in [0.717, 1.165) is 5.56 Å². The third kappa shape index (κ3) is 5.94. The number of hydrogen-bond acceptors (Lipinski definition) is 3. The first-order valence-corrected chi connectivity index (χ1v) is 9.50. The van der Waals surface area contributed by atoms with Crippen LogP contribution in [0.1, 0.15) is 65.4 Å². The molecule has 6 nitrogen and oxygen atoms in total. The Morgan fingerprint density at radius 1 is 1.11 bits per heavy atom. The van der Waals surface area contributed by atoms with Crippen LogP contribution >= 0.6 is 0 Å².